The normalized spacial score (nSPS) is 12.2. The van der Waals surface area contributed by atoms with Gasteiger partial charge in [-0.15, -0.1) is 0 Å². The quantitative estimate of drug-likeness (QED) is 0.616. The molecule has 1 radical (unpaired) electrons. The van der Waals surface area contributed by atoms with E-state index in [2.05, 4.69) is 45.9 Å². The van der Waals surface area contributed by atoms with Crippen molar-refractivity contribution in [3.05, 3.63) is 70.3 Å². The number of rotatable bonds is 4. The van der Waals surface area contributed by atoms with E-state index in [9.17, 15) is 13.2 Å². The monoisotopic (exact) mass is 319 g/mol. The van der Waals surface area contributed by atoms with Crippen LogP contribution in [0.15, 0.2) is 36.4 Å². The highest BCUT2D eigenvalue weighted by Crippen LogP contribution is 2.30. The molecule has 0 aliphatic rings. The Bertz CT molecular complexity index is 623. The van der Waals surface area contributed by atoms with Gasteiger partial charge in [0, 0.05) is 0 Å². The zero-order valence-corrected chi connectivity index (χ0v) is 14.0. The molecule has 0 unspecified atom stereocenters. The molecule has 2 aromatic rings. The van der Waals surface area contributed by atoms with Gasteiger partial charge >= 0.3 is 6.18 Å². The van der Waals surface area contributed by atoms with Crippen LogP contribution in [0, 0.1) is 6.07 Å². The van der Waals surface area contributed by atoms with Crippen LogP contribution in [-0.2, 0) is 12.6 Å². The van der Waals surface area contributed by atoms with Gasteiger partial charge in [0.15, 0.2) is 0 Å². The molecular formula is C20H22F3. The summed E-state index contributed by atoms with van der Waals surface area (Å²) in [5.41, 5.74) is 3.70. The largest absolute Gasteiger partial charge is 0.416 e. The average Bonchev–Trinajstić information content (AvgIpc) is 2.46. The van der Waals surface area contributed by atoms with Crippen molar-refractivity contribution in [2.45, 2.75) is 52.1 Å². The number of hydrogen-bond donors (Lipinski definition) is 0. The van der Waals surface area contributed by atoms with Crippen LogP contribution in [0.3, 0.4) is 0 Å². The molecule has 0 aromatic heterocycles. The number of halogens is 3. The molecule has 0 nitrogen and oxygen atoms in total. The summed E-state index contributed by atoms with van der Waals surface area (Å²) in [5, 5.41) is 0. The second-order valence-electron chi connectivity index (χ2n) is 6.58. The zero-order chi connectivity index (χ0) is 17.2. The molecule has 0 amide bonds. The molecule has 2 aromatic carbocycles. The lowest BCUT2D eigenvalue weighted by atomic mass is 9.91. The Balaban J connectivity index is 2.28. The van der Waals surface area contributed by atoms with Crippen LogP contribution in [0.25, 0.3) is 0 Å². The van der Waals surface area contributed by atoms with Crippen molar-refractivity contribution < 1.29 is 13.2 Å². The van der Waals surface area contributed by atoms with E-state index < -0.39 is 11.7 Å². The Morgan fingerprint density at radius 3 is 1.70 bits per heavy atom. The fraction of sp³-hybridized carbons (Fsp3) is 0.400. The number of alkyl halides is 3. The van der Waals surface area contributed by atoms with Gasteiger partial charge in [0.05, 0.1) is 5.56 Å². The summed E-state index contributed by atoms with van der Waals surface area (Å²) >= 11 is 0. The smallest absolute Gasteiger partial charge is 0.166 e. The summed E-state index contributed by atoms with van der Waals surface area (Å²) in [7, 11) is 0. The molecule has 0 aliphatic carbocycles. The molecule has 0 atom stereocenters. The maximum Gasteiger partial charge on any atom is 0.416 e. The molecule has 0 N–H and O–H groups in total. The molecule has 123 valence electrons. The first kappa shape index (κ1) is 17.6. The SMILES string of the molecule is CC(C)c1[c]c(C(C)C)cc(Cc2ccc(C(F)(F)F)cc2)c1. The van der Waals surface area contributed by atoms with Crippen LogP contribution in [0.1, 0.15) is 67.3 Å². The van der Waals surface area contributed by atoms with Gasteiger partial charge < -0.3 is 0 Å². The second kappa shape index (κ2) is 6.77. The summed E-state index contributed by atoms with van der Waals surface area (Å²) in [5.74, 6) is 0.750. The van der Waals surface area contributed by atoms with Crippen molar-refractivity contribution in [2.24, 2.45) is 0 Å². The first-order valence-electron chi connectivity index (χ1n) is 7.89. The molecular weight excluding hydrogens is 297 g/mol. The Labute approximate surface area is 136 Å². The van der Waals surface area contributed by atoms with Crippen LogP contribution in [-0.4, -0.2) is 0 Å². The maximum absolute atomic E-state index is 12.6. The lowest BCUT2D eigenvalue weighted by molar-refractivity contribution is -0.137. The van der Waals surface area contributed by atoms with Crippen molar-refractivity contribution in [1.82, 2.24) is 0 Å². The summed E-state index contributed by atoms with van der Waals surface area (Å²) in [6.45, 7) is 8.49. The van der Waals surface area contributed by atoms with Crippen molar-refractivity contribution in [3.8, 4) is 0 Å². The molecule has 23 heavy (non-hydrogen) atoms. The van der Waals surface area contributed by atoms with Crippen LogP contribution in [0.4, 0.5) is 13.2 Å². The molecule has 0 aliphatic heterocycles. The van der Waals surface area contributed by atoms with Gasteiger partial charge in [-0.1, -0.05) is 52.0 Å². The minimum absolute atomic E-state index is 0.375. The lowest BCUT2D eigenvalue weighted by Crippen LogP contribution is -2.04. The molecule has 0 saturated heterocycles. The predicted octanol–water partition coefficient (Wildman–Crippen LogP) is 6.34. The van der Waals surface area contributed by atoms with Gasteiger partial charge in [-0.05, 0) is 58.7 Å². The summed E-state index contributed by atoms with van der Waals surface area (Å²) < 4.78 is 37.9. The van der Waals surface area contributed by atoms with E-state index in [-0.39, 0.29) is 0 Å². The zero-order valence-electron chi connectivity index (χ0n) is 14.0. The molecule has 0 bridgehead atoms. The van der Waals surface area contributed by atoms with Gasteiger partial charge in [0.25, 0.3) is 0 Å². The molecule has 0 spiro atoms. The van der Waals surface area contributed by atoms with Crippen molar-refractivity contribution in [1.29, 1.82) is 0 Å². The van der Waals surface area contributed by atoms with Crippen molar-refractivity contribution >= 4 is 0 Å². The highest BCUT2D eigenvalue weighted by Gasteiger charge is 2.29. The van der Waals surface area contributed by atoms with Gasteiger partial charge in [-0.25, -0.2) is 0 Å². The van der Waals surface area contributed by atoms with E-state index in [1.165, 1.54) is 0 Å². The number of hydrogen-bond acceptors (Lipinski definition) is 0. The van der Waals surface area contributed by atoms with Gasteiger partial charge in [0.2, 0.25) is 0 Å². The van der Waals surface area contributed by atoms with Crippen LogP contribution in [0.5, 0.6) is 0 Å². The van der Waals surface area contributed by atoms with Crippen molar-refractivity contribution in [3.63, 3.8) is 0 Å². The second-order valence-corrected chi connectivity index (χ2v) is 6.58. The molecule has 0 heterocycles. The topological polar surface area (TPSA) is 0 Å². The lowest BCUT2D eigenvalue weighted by Gasteiger charge is -2.14. The molecule has 0 fully saturated rings. The van der Waals surface area contributed by atoms with Gasteiger partial charge in [-0.3, -0.25) is 0 Å². The predicted molar refractivity (Wildman–Crippen MR) is 87.7 cm³/mol. The highest BCUT2D eigenvalue weighted by atomic mass is 19.4. The summed E-state index contributed by atoms with van der Waals surface area (Å²) in [6.07, 6.45) is -3.65. The Kier molecular flexibility index (Phi) is 5.18. The summed E-state index contributed by atoms with van der Waals surface area (Å²) in [4.78, 5) is 0. The third kappa shape index (κ3) is 4.60. The fourth-order valence-electron chi connectivity index (χ4n) is 2.45. The maximum atomic E-state index is 12.6. The van der Waals surface area contributed by atoms with Crippen LogP contribution in [0.2, 0.25) is 0 Å². The standard InChI is InChI=1S/C20H22F3/c1-13(2)17-10-16(11-18(12-17)14(3)4)9-15-5-7-19(8-6-15)20(21,22)23/h5-8,10-11,13-14H,9H2,1-4H3. The minimum atomic E-state index is -4.28. The van der Waals surface area contributed by atoms with Crippen LogP contribution >= 0.6 is 0 Å². The van der Waals surface area contributed by atoms with Crippen LogP contribution < -0.4 is 0 Å². The van der Waals surface area contributed by atoms with E-state index in [0.29, 0.717) is 18.3 Å². The Hall–Kier alpha value is -1.77. The highest BCUT2D eigenvalue weighted by molar-refractivity contribution is 5.36. The molecule has 3 heteroatoms. The minimum Gasteiger partial charge on any atom is -0.166 e. The van der Waals surface area contributed by atoms with E-state index in [1.54, 1.807) is 12.1 Å². The van der Waals surface area contributed by atoms with E-state index in [1.807, 2.05) is 0 Å². The van der Waals surface area contributed by atoms with Gasteiger partial charge in [-0.2, -0.15) is 13.2 Å². The van der Waals surface area contributed by atoms with Crippen molar-refractivity contribution in [2.75, 3.05) is 0 Å². The number of benzene rings is 2. The average molecular weight is 319 g/mol. The third-order valence-corrected chi connectivity index (χ3v) is 3.90. The van der Waals surface area contributed by atoms with Gasteiger partial charge in [0.1, 0.15) is 0 Å². The molecule has 2 rings (SSSR count). The first-order chi connectivity index (χ1) is 10.7. The van der Waals surface area contributed by atoms with E-state index in [4.69, 9.17) is 0 Å². The fourth-order valence-corrected chi connectivity index (χ4v) is 2.45. The first-order valence-corrected chi connectivity index (χ1v) is 7.89. The van der Waals surface area contributed by atoms with E-state index >= 15 is 0 Å². The third-order valence-electron chi connectivity index (χ3n) is 3.90. The Morgan fingerprint density at radius 1 is 0.826 bits per heavy atom. The Morgan fingerprint density at radius 2 is 1.30 bits per heavy atom. The molecule has 0 saturated carbocycles. The van der Waals surface area contributed by atoms with E-state index in [0.717, 1.165) is 34.4 Å². The summed E-state index contributed by atoms with van der Waals surface area (Å²) in [6, 6.07) is 13.1.